The van der Waals surface area contributed by atoms with E-state index in [1.807, 2.05) is 38.1 Å². The average molecular weight is 399 g/mol. The number of hydrogen-bond acceptors (Lipinski definition) is 5. The molecule has 0 bridgehead atoms. The van der Waals surface area contributed by atoms with E-state index in [2.05, 4.69) is 16.0 Å². The molecule has 0 unspecified atom stereocenters. The Labute approximate surface area is 171 Å². The number of carbonyl (C=O) groups excluding carboxylic acids is 2. The molecule has 0 heterocycles. The fourth-order valence-electron chi connectivity index (χ4n) is 2.59. The van der Waals surface area contributed by atoms with Crippen molar-refractivity contribution >= 4 is 17.5 Å². The highest BCUT2D eigenvalue weighted by Crippen LogP contribution is 2.14. The van der Waals surface area contributed by atoms with E-state index in [1.165, 1.54) is 0 Å². The van der Waals surface area contributed by atoms with Crippen molar-refractivity contribution in [3.8, 4) is 5.75 Å². The Hall–Kier alpha value is -2.90. The van der Waals surface area contributed by atoms with Crippen molar-refractivity contribution in [3.05, 3.63) is 59.7 Å². The van der Waals surface area contributed by atoms with Crippen LogP contribution in [0.15, 0.2) is 48.5 Å². The monoisotopic (exact) mass is 399 g/mol. The van der Waals surface area contributed by atoms with Crippen molar-refractivity contribution in [1.29, 1.82) is 0 Å². The summed E-state index contributed by atoms with van der Waals surface area (Å²) in [7, 11) is 1.58. The molecule has 29 heavy (non-hydrogen) atoms. The smallest absolute Gasteiger partial charge is 0.251 e. The van der Waals surface area contributed by atoms with E-state index in [-0.39, 0.29) is 24.5 Å². The summed E-state index contributed by atoms with van der Waals surface area (Å²) in [6.07, 6.45) is 0.137. The summed E-state index contributed by atoms with van der Waals surface area (Å²) in [6, 6.07) is 14.6. The molecule has 0 radical (unpaired) electrons. The van der Waals surface area contributed by atoms with Crippen molar-refractivity contribution in [2.24, 2.45) is 0 Å². The van der Waals surface area contributed by atoms with Crippen LogP contribution in [0, 0.1) is 0 Å². The Bertz CT molecular complexity index is 791. The van der Waals surface area contributed by atoms with Gasteiger partial charge in [0.1, 0.15) is 5.75 Å². The highest BCUT2D eigenvalue weighted by atomic mass is 16.5. The maximum Gasteiger partial charge on any atom is 0.251 e. The molecule has 0 fully saturated rings. The van der Waals surface area contributed by atoms with Gasteiger partial charge in [0, 0.05) is 31.5 Å². The number of ether oxygens (including phenoxy) is 2. The first-order valence-corrected chi connectivity index (χ1v) is 9.61. The van der Waals surface area contributed by atoms with Gasteiger partial charge in [-0.15, -0.1) is 0 Å². The van der Waals surface area contributed by atoms with Gasteiger partial charge in [0.15, 0.2) is 0 Å². The standard InChI is InChI=1S/C22H29N3O4/c1-16(2)29-20-9-7-17(8-10-20)14-23-15-21(26)25-19-6-4-5-18(13-19)22(27)24-11-12-28-3/h4-10,13,16,23H,11-12,14-15H2,1-3H3,(H,24,27)(H,25,26). The van der Waals surface area contributed by atoms with Crippen LogP contribution < -0.4 is 20.7 Å². The van der Waals surface area contributed by atoms with Gasteiger partial charge in [-0.25, -0.2) is 0 Å². The average Bonchev–Trinajstić information content (AvgIpc) is 2.69. The van der Waals surface area contributed by atoms with Gasteiger partial charge < -0.3 is 25.4 Å². The van der Waals surface area contributed by atoms with Crippen LogP contribution >= 0.6 is 0 Å². The molecule has 0 aliphatic rings. The zero-order valence-corrected chi connectivity index (χ0v) is 17.2. The third kappa shape index (κ3) is 8.33. The maximum atomic E-state index is 12.2. The first kappa shape index (κ1) is 22.4. The van der Waals surface area contributed by atoms with Crippen molar-refractivity contribution < 1.29 is 19.1 Å². The van der Waals surface area contributed by atoms with Gasteiger partial charge in [0.05, 0.1) is 19.3 Å². The molecule has 2 rings (SSSR count). The third-order valence-electron chi connectivity index (χ3n) is 3.91. The Morgan fingerprint density at radius 2 is 1.83 bits per heavy atom. The summed E-state index contributed by atoms with van der Waals surface area (Å²) in [5.41, 5.74) is 2.12. The number of anilines is 1. The van der Waals surface area contributed by atoms with Crippen LogP contribution in [0.4, 0.5) is 5.69 Å². The third-order valence-corrected chi connectivity index (χ3v) is 3.91. The molecule has 0 aromatic heterocycles. The van der Waals surface area contributed by atoms with Crippen LogP contribution in [0.2, 0.25) is 0 Å². The molecule has 7 heteroatoms. The number of amides is 2. The van der Waals surface area contributed by atoms with Crippen molar-refractivity contribution in [2.45, 2.75) is 26.5 Å². The van der Waals surface area contributed by atoms with Gasteiger partial charge in [-0.05, 0) is 49.7 Å². The quantitative estimate of drug-likeness (QED) is 0.506. The molecule has 0 atom stereocenters. The lowest BCUT2D eigenvalue weighted by Crippen LogP contribution is -2.28. The summed E-state index contributed by atoms with van der Waals surface area (Å²) in [5, 5.41) is 8.65. The molecule has 0 saturated carbocycles. The predicted octanol–water partition coefficient (Wildman–Crippen LogP) is 2.58. The molecular weight excluding hydrogens is 370 g/mol. The lowest BCUT2D eigenvalue weighted by Gasteiger charge is -2.11. The van der Waals surface area contributed by atoms with Crippen molar-refractivity contribution in [1.82, 2.24) is 10.6 Å². The molecule has 3 N–H and O–H groups in total. The Morgan fingerprint density at radius 3 is 2.52 bits per heavy atom. The molecule has 2 aromatic rings. The van der Waals surface area contributed by atoms with Crippen LogP contribution in [-0.2, 0) is 16.1 Å². The molecule has 2 aromatic carbocycles. The summed E-state index contributed by atoms with van der Waals surface area (Å²) >= 11 is 0. The summed E-state index contributed by atoms with van der Waals surface area (Å²) < 4.78 is 10.5. The van der Waals surface area contributed by atoms with Crippen LogP contribution in [0.3, 0.4) is 0 Å². The summed E-state index contributed by atoms with van der Waals surface area (Å²) in [6.45, 7) is 5.57. The minimum absolute atomic E-state index is 0.137. The number of rotatable bonds is 11. The lowest BCUT2D eigenvalue weighted by molar-refractivity contribution is -0.115. The van der Waals surface area contributed by atoms with Crippen LogP contribution in [0.1, 0.15) is 29.8 Å². The predicted molar refractivity (Wildman–Crippen MR) is 113 cm³/mol. The highest BCUT2D eigenvalue weighted by molar-refractivity contribution is 5.97. The van der Waals surface area contributed by atoms with Gasteiger partial charge in [-0.2, -0.15) is 0 Å². The van der Waals surface area contributed by atoms with Crippen LogP contribution in [-0.4, -0.2) is 44.7 Å². The van der Waals surface area contributed by atoms with E-state index in [0.717, 1.165) is 11.3 Å². The van der Waals surface area contributed by atoms with Crippen LogP contribution in [0.5, 0.6) is 5.75 Å². The number of hydrogen-bond donors (Lipinski definition) is 3. The largest absolute Gasteiger partial charge is 0.491 e. The van der Waals surface area contributed by atoms with Gasteiger partial charge in [-0.1, -0.05) is 18.2 Å². The Morgan fingerprint density at radius 1 is 1.07 bits per heavy atom. The molecule has 0 aliphatic carbocycles. The second-order valence-corrected chi connectivity index (χ2v) is 6.79. The molecule has 0 aliphatic heterocycles. The van der Waals surface area contributed by atoms with Gasteiger partial charge in [0.2, 0.25) is 5.91 Å². The fourth-order valence-corrected chi connectivity index (χ4v) is 2.59. The second-order valence-electron chi connectivity index (χ2n) is 6.79. The molecular formula is C22H29N3O4. The number of carbonyl (C=O) groups is 2. The zero-order valence-electron chi connectivity index (χ0n) is 17.2. The second kappa shape index (κ2) is 11.8. The van der Waals surface area contributed by atoms with Crippen molar-refractivity contribution in [2.75, 3.05) is 32.1 Å². The number of benzene rings is 2. The van der Waals surface area contributed by atoms with E-state index < -0.39 is 0 Å². The van der Waals surface area contributed by atoms with Crippen LogP contribution in [0.25, 0.3) is 0 Å². The van der Waals surface area contributed by atoms with Gasteiger partial charge in [0.25, 0.3) is 5.91 Å². The summed E-state index contributed by atoms with van der Waals surface area (Å²) in [5.74, 6) is 0.440. The van der Waals surface area contributed by atoms with E-state index in [1.54, 1.807) is 31.4 Å². The first-order valence-electron chi connectivity index (χ1n) is 9.61. The minimum atomic E-state index is -0.207. The summed E-state index contributed by atoms with van der Waals surface area (Å²) in [4.78, 5) is 24.2. The Kier molecular flexibility index (Phi) is 9.14. The van der Waals surface area contributed by atoms with E-state index in [4.69, 9.17) is 9.47 Å². The molecule has 0 saturated heterocycles. The zero-order chi connectivity index (χ0) is 21.1. The van der Waals surface area contributed by atoms with E-state index in [9.17, 15) is 9.59 Å². The highest BCUT2D eigenvalue weighted by Gasteiger charge is 2.08. The normalized spacial score (nSPS) is 10.6. The van der Waals surface area contributed by atoms with Gasteiger partial charge in [-0.3, -0.25) is 9.59 Å². The van der Waals surface area contributed by atoms with Gasteiger partial charge >= 0.3 is 0 Å². The Balaban J connectivity index is 1.77. The van der Waals surface area contributed by atoms with E-state index in [0.29, 0.717) is 30.9 Å². The van der Waals surface area contributed by atoms with E-state index >= 15 is 0 Å². The maximum absolute atomic E-state index is 12.2. The number of nitrogens with one attached hydrogen (secondary N) is 3. The van der Waals surface area contributed by atoms with Crippen molar-refractivity contribution in [3.63, 3.8) is 0 Å². The number of methoxy groups -OCH3 is 1. The topological polar surface area (TPSA) is 88.7 Å². The fraction of sp³-hybridized carbons (Fsp3) is 0.364. The molecule has 0 spiro atoms. The SMILES string of the molecule is COCCNC(=O)c1cccc(NC(=O)CNCc2ccc(OC(C)C)cc2)c1. The molecule has 2 amide bonds. The first-order chi connectivity index (χ1) is 14.0. The lowest BCUT2D eigenvalue weighted by atomic mass is 10.2. The molecule has 7 nitrogen and oxygen atoms in total. The molecule has 156 valence electrons. The minimum Gasteiger partial charge on any atom is -0.491 e.